The highest BCUT2D eigenvalue weighted by molar-refractivity contribution is 7.89. The van der Waals surface area contributed by atoms with Crippen LogP contribution in [0.4, 0.5) is 5.69 Å². The number of sulfonamides is 1. The van der Waals surface area contributed by atoms with E-state index in [9.17, 15) is 18.5 Å². The lowest BCUT2D eigenvalue weighted by molar-refractivity contribution is -0.384. The van der Waals surface area contributed by atoms with Crippen LogP contribution in [0.15, 0.2) is 53.4 Å². The minimum Gasteiger partial charge on any atom is -0.258 e. The van der Waals surface area contributed by atoms with E-state index in [4.69, 9.17) is 0 Å². The van der Waals surface area contributed by atoms with Gasteiger partial charge < -0.3 is 0 Å². The number of rotatable bonds is 6. The summed E-state index contributed by atoms with van der Waals surface area (Å²) in [7, 11) is -3.74. The molecule has 0 heterocycles. The first-order valence-corrected chi connectivity index (χ1v) is 8.65. The first-order chi connectivity index (χ1) is 10.8. The van der Waals surface area contributed by atoms with E-state index in [1.165, 1.54) is 24.3 Å². The molecule has 23 heavy (non-hydrogen) atoms. The van der Waals surface area contributed by atoms with Crippen LogP contribution < -0.4 is 4.72 Å². The second-order valence-electron chi connectivity index (χ2n) is 5.24. The number of non-ortho nitro benzene ring substituents is 1. The molecule has 0 saturated heterocycles. The van der Waals surface area contributed by atoms with Gasteiger partial charge in [0.15, 0.2) is 0 Å². The van der Waals surface area contributed by atoms with E-state index < -0.39 is 14.9 Å². The summed E-state index contributed by atoms with van der Waals surface area (Å²) in [6.45, 7) is 3.86. The average Bonchev–Trinajstić information content (AvgIpc) is 2.53. The average molecular weight is 334 g/mol. The van der Waals surface area contributed by atoms with Crippen LogP contribution in [0.5, 0.6) is 0 Å². The summed E-state index contributed by atoms with van der Waals surface area (Å²) < 4.78 is 27.5. The maximum absolute atomic E-state index is 12.4. The van der Waals surface area contributed by atoms with Crippen LogP contribution in [0.25, 0.3) is 0 Å². The number of benzene rings is 2. The first-order valence-electron chi connectivity index (χ1n) is 7.17. The van der Waals surface area contributed by atoms with Gasteiger partial charge in [-0.25, -0.2) is 13.1 Å². The normalized spacial score (nSPS) is 12.8. The fraction of sp³-hybridized carbons (Fsp3) is 0.250. The fourth-order valence-electron chi connectivity index (χ4n) is 2.19. The van der Waals surface area contributed by atoms with E-state index in [1.54, 1.807) is 0 Å². The van der Waals surface area contributed by atoms with Crippen molar-refractivity contribution in [3.63, 3.8) is 0 Å². The minimum absolute atomic E-state index is 0.00802. The molecule has 1 N–H and O–H groups in total. The van der Waals surface area contributed by atoms with Crippen molar-refractivity contribution >= 4 is 15.7 Å². The van der Waals surface area contributed by atoms with E-state index in [0.717, 1.165) is 11.1 Å². The number of nitrogens with one attached hydrogen (secondary N) is 1. The molecule has 122 valence electrons. The van der Waals surface area contributed by atoms with Crippen molar-refractivity contribution < 1.29 is 13.3 Å². The molecule has 0 spiro atoms. The van der Waals surface area contributed by atoms with Crippen LogP contribution in [0.1, 0.15) is 30.5 Å². The molecule has 0 aliphatic rings. The molecule has 0 amide bonds. The molecule has 6 nitrogen and oxygen atoms in total. The Bertz CT molecular complexity index is 784. The third-order valence-electron chi connectivity index (χ3n) is 3.54. The van der Waals surface area contributed by atoms with Gasteiger partial charge in [0.1, 0.15) is 0 Å². The lowest BCUT2D eigenvalue weighted by Gasteiger charge is -2.17. The van der Waals surface area contributed by atoms with Gasteiger partial charge in [0.2, 0.25) is 10.0 Å². The van der Waals surface area contributed by atoms with E-state index >= 15 is 0 Å². The highest BCUT2D eigenvalue weighted by atomic mass is 32.2. The number of hydrogen-bond acceptors (Lipinski definition) is 4. The molecule has 7 heteroatoms. The molecular formula is C16H18N2O4S. The molecule has 1 atom stereocenters. The Balaban J connectivity index is 2.24. The molecule has 0 saturated carbocycles. The van der Waals surface area contributed by atoms with Gasteiger partial charge in [0.05, 0.1) is 9.82 Å². The Morgan fingerprint density at radius 3 is 2.13 bits per heavy atom. The third-order valence-corrected chi connectivity index (χ3v) is 5.03. The fourth-order valence-corrected chi connectivity index (χ4v) is 3.50. The Morgan fingerprint density at radius 2 is 1.65 bits per heavy atom. The van der Waals surface area contributed by atoms with E-state index in [0.29, 0.717) is 6.42 Å². The van der Waals surface area contributed by atoms with Gasteiger partial charge in [-0.3, -0.25) is 10.1 Å². The minimum atomic E-state index is -3.74. The number of nitro groups is 1. The van der Waals surface area contributed by atoms with Gasteiger partial charge in [-0.15, -0.1) is 0 Å². The van der Waals surface area contributed by atoms with E-state index in [2.05, 4.69) is 4.72 Å². The summed E-state index contributed by atoms with van der Waals surface area (Å²) >= 11 is 0. The molecule has 0 bridgehead atoms. The standard InChI is InChI=1S/C16H18N2O4S/c1-3-16(13-6-4-12(2)5-7-13)17-23(21,22)15-10-8-14(9-11-15)18(19)20/h4-11,16-17H,3H2,1-2H3. The maximum Gasteiger partial charge on any atom is 0.269 e. The van der Waals surface area contributed by atoms with Gasteiger partial charge in [-0.05, 0) is 31.0 Å². The summed E-state index contributed by atoms with van der Waals surface area (Å²) in [4.78, 5) is 10.1. The second-order valence-corrected chi connectivity index (χ2v) is 6.96. The largest absolute Gasteiger partial charge is 0.269 e. The number of nitro benzene ring substituents is 1. The Morgan fingerprint density at radius 1 is 1.09 bits per heavy atom. The van der Waals surface area contributed by atoms with Gasteiger partial charge >= 0.3 is 0 Å². The summed E-state index contributed by atoms with van der Waals surface area (Å²) in [5, 5.41) is 10.6. The van der Waals surface area contributed by atoms with Crippen LogP contribution in [-0.2, 0) is 10.0 Å². The highest BCUT2D eigenvalue weighted by Gasteiger charge is 2.21. The zero-order valence-corrected chi connectivity index (χ0v) is 13.7. The molecule has 0 aliphatic heterocycles. The van der Waals surface area contributed by atoms with Crippen molar-refractivity contribution in [1.82, 2.24) is 4.72 Å². The summed E-state index contributed by atoms with van der Waals surface area (Å²) in [5.41, 5.74) is 1.83. The lowest BCUT2D eigenvalue weighted by Crippen LogP contribution is -2.28. The molecule has 2 aromatic carbocycles. The van der Waals surface area contributed by atoms with Crippen molar-refractivity contribution in [3.05, 3.63) is 69.8 Å². The molecular weight excluding hydrogens is 316 g/mol. The Labute approximate surface area is 135 Å². The molecule has 1 unspecified atom stereocenters. The summed E-state index contributed by atoms with van der Waals surface area (Å²) in [6, 6.07) is 12.1. The number of aryl methyl sites for hydroxylation is 1. The summed E-state index contributed by atoms with van der Waals surface area (Å²) in [6.07, 6.45) is 0.593. The second kappa shape index (κ2) is 6.89. The lowest BCUT2D eigenvalue weighted by atomic mass is 10.0. The van der Waals surface area contributed by atoms with Crippen LogP contribution in [-0.4, -0.2) is 13.3 Å². The van der Waals surface area contributed by atoms with Crippen molar-refractivity contribution in [2.24, 2.45) is 0 Å². The highest BCUT2D eigenvalue weighted by Crippen LogP contribution is 2.22. The Kier molecular flexibility index (Phi) is 5.12. The topological polar surface area (TPSA) is 89.3 Å². The monoisotopic (exact) mass is 334 g/mol. The van der Waals surface area contributed by atoms with Crippen LogP contribution in [0.2, 0.25) is 0 Å². The van der Waals surface area contributed by atoms with Crippen molar-refractivity contribution in [2.75, 3.05) is 0 Å². The van der Waals surface area contributed by atoms with Gasteiger partial charge in [-0.1, -0.05) is 36.8 Å². The van der Waals surface area contributed by atoms with Crippen molar-refractivity contribution in [3.8, 4) is 0 Å². The van der Waals surface area contributed by atoms with Gasteiger partial charge in [0.25, 0.3) is 5.69 Å². The van der Waals surface area contributed by atoms with Crippen LogP contribution in [0, 0.1) is 17.0 Å². The molecule has 0 aromatic heterocycles. The number of hydrogen-bond donors (Lipinski definition) is 1. The zero-order chi connectivity index (χ0) is 17.0. The SMILES string of the molecule is CCC(NS(=O)(=O)c1ccc([N+](=O)[O-])cc1)c1ccc(C)cc1. The molecule has 0 radical (unpaired) electrons. The van der Waals surface area contributed by atoms with E-state index in [-0.39, 0.29) is 16.6 Å². The molecule has 2 aromatic rings. The zero-order valence-electron chi connectivity index (χ0n) is 12.9. The molecule has 2 rings (SSSR count). The van der Waals surface area contributed by atoms with Crippen molar-refractivity contribution in [2.45, 2.75) is 31.2 Å². The Hall–Kier alpha value is -2.25. The van der Waals surface area contributed by atoms with Crippen LogP contribution >= 0.6 is 0 Å². The first kappa shape index (κ1) is 17.1. The molecule has 0 aliphatic carbocycles. The van der Waals surface area contributed by atoms with Gasteiger partial charge in [-0.2, -0.15) is 0 Å². The summed E-state index contributed by atoms with van der Waals surface area (Å²) in [5.74, 6) is 0. The van der Waals surface area contributed by atoms with E-state index in [1.807, 2.05) is 38.1 Å². The molecule has 0 fully saturated rings. The smallest absolute Gasteiger partial charge is 0.258 e. The predicted molar refractivity (Wildman–Crippen MR) is 87.6 cm³/mol. The van der Waals surface area contributed by atoms with Crippen LogP contribution in [0.3, 0.4) is 0 Å². The van der Waals surface area contributed by atoms with Gasteiger partial charge in [0, 0.05) is 18.2 Å². The number of nitrogens with zero attached hydrogens (tertiary/aromatic N) is 1. The third kappa shape index (κ3) is 4.14. The maximum atomic E-state index is 12.4. The van der Waals surface area contributed by atoms with Crippen molar-refractivity contribution in [1.29, 1.82) is 0 Å². The quantitative estimate of drug-likeness (QED) is 0.648. The predicted octanol–water partition coefficient (Wildman–Crippen LogP) is 3.33.